The molecular weight excluding hydrogens is 414 g/mol. The monoisotopic (exact) mass is 443 g/mol. The zero-order valence-electron chi connectivity index (χ0n) is 18.1. The fourth-order valence-corrected chi connectivity index (χ4v) is 4.75. The molecule has 0 spiro atoms. The van der Waals surface area contributed by atoms with E-state index in [1.807, 2.05) is 20.8 Å². The van der Waals surface area contributed by atoms with Crippen molar-refractivity contribution < 1.29 is 18.0 Å². The maximum atomic E-state index is 13.0. The fourth-order valence-electron chi connectivity index (χ4n) is 3.70. The summed E-state index contributed by atoms with van der Waals surface area (Å²) < 4.78 is 28.1. The number of nitrogens with one attached hydrogen (secondary N) is 2. The Hall–Kier alpha value is -2.87. The van der Waals surface area contributed by atoms with Crippen molar-refractivity contribution in [3.8, 4) is 0 Å². The largest absolute Gasteiger partial charge is 0.355 e. The molecule has 7 nitrogen and oxygen atoms in total. The highest BCUT2D eigenvalue weighted by Crippen LogP contribution is 2.24. The molecule has 2 N–H and O–H groups in total. The second-order valence-electron chi connectivity index (χ2n) is 7.96. The van der Waals surface area contributed by atoms with E-state index in [1.54, 1.807) is 47.4 Å². The summed E-state index contributed by atoms with van der Waals surface area (Å²) >= 11 is 0. The van der Waals surface area contributed by atoms with E-state index < -0.39 is 16.1 Å². The van der Waals surface area contributed by atoms with Crippen molar-refractivity contribution in [2.75, 3.05) is 17.8 Å². The minimum absolute atomic E-state index is 0.157. The van der Waals surface area contributed by atoms with Crippen LogP contribution in [0.4, 0.5) is 5.69 Å². The van der Waals surface area contributed by atoms with Gasteiger partial charge >= 0.3 is 0 Å². The van der Waals surface area contributed by atoms with Gasteiger partial charge < -0.3 is 10.2 Å². The molecule has 8 heteroatoms. The van der Waals surface area contributed by atoms with Gasteiger partial charge in [0.1, 0.15) is 6.04 Å². The lowest BCUT2D eigenvalue weighted by Crippen LogP contribution is -2.45. The van der Waals surface area contributed by atoms with Gasteiger partial charge in [0.25, 0.3) is 15.9 Å². The number of likely N-dealkylation sites (tertiary alicyclic amines) is 1. The topological polar surface area (TPSA) is 95.6 Å². The molecule has 0 radical (unpaired) electrons. The summed E-state index contributed by atoms with van der Waals surface area (Å²) in [5.41, 5.74) is 1.69. The molecule has 1 unspecified atom stereocenters. The molecule has 0 aliphatic carbocycles. The van der Waals surface area contributed by atoms with Crippen molar-refractivity contribution in [1.29, 1.82) is 0 Å². The van der Waals surface area contributed by atoms with Gasteiger partial charge in [-0.2, -0.15) is 0 Å². The van der Waals surface area contributed by atoms with E-state index >= 15 is 0 Å². The summed E-state index contributed by atoms with van der Waals surface area (Å²) in [6, 6.07) is 12.6. The lowest BCUT2D eigenvalue weighted by Gasteiger charge is -2.24. The Bertz CT molecular complexity index is 1050. The standard InChI is InChI=1S/C23H29N3O4S/c1-4-24-22(27)21-9-6-14-26(21)23(28)18-7-5-8-19(15-18)25-31(29,30)20-12-10-17(11-13-20)16(2)3/h5,7-8,10-13,15-16,21,25H,4,6,9,14H2,1-3H3,(H,24,27). The molecule has 3 rings (SSSR count). The Labute approximate surface area is 183 Å². The molecule has 31 heavy (non-hydrogen) atoms. The van der Waals surface area contributed by atoms with Gasteiger partial charge in [0.15, 0.2) is 0 Å². The van der Waals surface area contributed by atoms with Gasteiger partial charge in [-0.15, -0.1) is 0 Å². The minimum atomic E-state index is -3.79. The van der Waals surface area contributed by atoms with E-state index in [4.69, 9.17) is 0 Å². The molecule has 0 aromatic heterocycles. The number of sulfonamides is 1. The lowest BCUT2D eigenvalue weighted by atomic mass is 10.0. The molecule has 1 saturated heterocycles. The van der Waals surface area contributed by atoms with E-state index in [1.165, 1.54) is 6.07 Å². The number of amides is 2. The Kier molecular flexibility index (Phi) is 7.00. The molecule has 2 amide bonds. The first-order chi connectivity index (χ1) is 14.7. The molecule has 2 aromatic carbocycles. The van der Waals surface area contributed by atoms with Crippen LogP contribution in [0.1, 0.15) is 55.5 Å². The van der Waals surface area contributed by atoms with Gasteiger partial charge in [-0.3, -0.25) is 14.3 Å². The van der Waals surface area contributed by atoms with Crippen LogP contribution in [0, 0.1) is 0 Å². The highest BCUT2D eigenvalue weighted by atomic mass is 32.2. The Morgan fingerprint density at radius 3 is 2.48 bits per heavy atom. The van der Waals surface area contributed by atoms with Crippen LogP contribution in [-0.2, 0) is 14.8 Å². The van der Waals surface area contributed by atoms with Crippen molar-refractivity contribution in [1.82, 2.24) is 10.2 Å². The highest BCUT2D eigenvalue weighted by molar-refractivity contribution is 7.92. The number of nitrogens with zero attached hydrogens (tertiary/aromatic N) is 1. The van der Waals surface area contributed by atoms with E-state index in [2.05, 4.69) is 10.0 Å². The third-order valence-corrected chi connectivity index (χ3v) is 6.78. The summed E-state index contributed by atoms with van der Waals surface area (Å²) in [5.74, 6) is -0.132. The smallest absolute Gasteiger partial charge is 0.261 e. The second-order valence-corrected chi connectivity index (χ2v) is 9.64. The molecule has 0 saturated carbocycles. The van der Waals surface area contributed by atoms with Crippen LogP contribution in [0.15, 0.2) is 53.4 Å². The van der Waals surface area contributed by atoms with Crippen LogP contribution < -0.4 is 10.0 Å². The maximum absolute atomic E-state index is 13.0. The minimum Gasteiger partial charge on any atom is -0.355 e. The highest BCUT2D eigenvalue weighted by Gasteiger charge is 2.34. The summed E-state index contributed by atoms with van der Waals surface area (Å²) in [5, 5.41) is 2.77. The van der Waals surface area contributed by atoms with Gasteiger partial charge in [0.2, 0.25) is 5.91 Å². The number of rotatable bonds is 7. The van der Waals surface area contributed by atoms with Crippen molar-refractivity contribution in [2.24, 2.45) is 0 Å². The summed E-state index contributed by atoms with van der Waals surface area (Å²) in [6.45, 7) is 6.93. The number of hydrogen-bond donors (Lipinski definition) is 2. The van der Waals surface area contributed by atoms with Gasteiger partial charge in [-0.25, -0.2) is 8.42 Å². The number of anilines is 1. The number of benzene rings is 2. The van der Waals surface area contributed by atoms with Crippen LogP contribution >= 0.6 is 0 Å². The number of hydrogen-bond acceptors (Lipinski definition) is 4. The molecule has 0 bridgehead atoms. The summed E-state index contributed by atoms with van der Waals surface area (Å²) in [7, 11) is -3.79. The van der Waals surface area contributed by atoms with Crippen LogP contribution in [0.2, 0.25) is 0 Å². The zero-order chi connectivity index (χ0) is 22.6. The van der Waals surface area contributed by atoms with Gasteiger partial charge in [0, 0.05) is 24.3 Å². The lowest BCUT2D eigenvalue weighted by molar-refractivity contribution is -0.124. The predicted molar refractivity (Wildman–Crippen MR) is 121 cm³/mol. The van der Waals surface area contributed by atoms with Crippen LogP contribution in [-0.4, -0.2) is 44.3 Å². The average molecular weight is 444 g/mol. The number of carbonyl (C=O) groups is 2. The molecule has 166 valence electrons. The van der Waals surface area contributed by atoms with E-state index in [0.29, 0.717) is 36.7 Å². The third kappa shape index (κ3) is 5.25. The molecule has 1 atom stereocenters. The van der Waals surface area contributed by atoms with Gasteiger partial charge in [0.05, 0.1) is 4.90 Å². The van der Waals surface area contributed by atoms with Gasteiger partial charge in [-0.05, 0) is 61.6 Å². The van der Waals surface area contributed by atoms with Crippen molar-refractivity contribution in [3.63, 3.8) is 0 Å². The first-order valence-corrected chi connectivity index (χ1v) is 12.0. The summed E-state index contributed by atoms with van der Waals surface area (Å²) in [4.78, 5) is 27.0. The average Bonchev–Trinajstić information content (AvgIpc) is 3.23. The third-order valence-electron chi connectivity index (χ3n) is 5.39. The fraction of sp³-hybridized carbons (Fsp3) is 0.391. The first-order valence-electron chi connectivity index (χ1n) is 10.5. The number of carbonyl (C=O) groups excluding carboxylic acids is 2. The van der Waals surface area contributed by atoms with E-state index in [-0.39, 0.29) is 16.7 Å². The Balaban J connectivity index is 1.78. The van der Waals surface area contributed by atoms with E-state index in [0.717, 1.165) is 12.0 Å². The second kappa shape index (κ2) is 9.51. The van der Waals surface area contributed by atoms with Gasteiger partial charge in [-0.1, -0.05) is 32.0 Å². The molecule has 2 aromatic rings. The van der Waals surface area contributed by atoms with Crippen molar-refractivity contribution >= 4 is 27.5 Å². The molecule has 1 aliphatic heterocycles. The predicted octanol–water partition coefficient (Wildman–Crippen LogP) is 3.35. The quantitative estimate of drug-likeness (QED) is 0.686. The van der Waals surface area contributed by atoms with Crippen LogP contribution in [0.5, 0.6) is 0 Å². The molecule has 1 heterocycles. The number of likely N-dealkylation sites (N-methyl/N-ethyl adjacent to an activating group) is 1. The van der Waals surface area contributed by atoms with Crippen molar-refractivity contribution in [3.05, 3.63) is 59.7 Å². The normalized spacial score (nSPS) is 16.4. The maximum Gasteiger partial charge on any atom is 0.261 e. The Morgan fingerprint density at radius 1 is 1.13 bits per heavy atom. The first kappa shape index (κ1) is 22.8. The zero-order valence-corrected chi connectivity index (χ0v) is 18.9. The molecule has 1 fully saturated rings. The SMILES string of the molecule is CCNC(=O)C1CCCN1C(=O)c1cccc(NS(=O)(=O)c2ccc(C(C)C)cc2)c1. The molecule has 1 aliphatic rings. The summed E-state index contributed by atoms with van der Waals surface area (Å²) in [6.07, 6.45) is 1.38. The van der Waals surface area contributed by atoms with Crippen molar-refractivity contribution in [2.45, 2.75) is 50.5 Å². The molecular formula is C23H29N3O4S. The van der Waals surface area contributed by atoms with E-state index in [9.17, 15) is 18.0 Å². The van der Waals surface area contributed by atoms with Crippen LogP contribution in [0.25, 0.3) is 0 Å². The Morgan fingerprint density at radius 2 is 1.84 bits per heavy atom. The van der Waals surface area contributed by atoms with Crippen LogP contribution in [0.3, 0.4) is 0 Å².